The van der Waals surface area contributed by atoms with Crippen LogP contribution in [0.25, 0.3) is 0 Å². The maximum absolute atomic E-state index is 11.4. The first kappa shape index (κ1) is 16.2. The molecule has 0 radical (unpaired) electrons. The summed E-state index contributed by atoms with van der Waals surface area (Å²) in [6.45, 7) is 5.58. The van der Waals surface area contributed by atoms with E-state index in [0.717, 1.165) is 0 Å². The standard InChI is InChI=1S/C12H23NO5S/c1-11(2,3)18-10(14)13-7-4-12(15)5-8-19(16,17)9-6-12/h15H,4-9H2,1-3H3,(H,13,14). The van der Waals surface area contributed by atoms with Crippen LogP contribution in [0, 0.1) is 0 Å². The molecule has 1 rings (SSSR count). The Morgan fingerprint density at radius 2 is 1.84 bits per heavy atom. The number of sulfone groups is 1. The van der Waals surface area contributed by atoms with Crippen molar-refractivity contribution in [1.82, 2.24) is 5.32 Å². The monoisotopic (exact) mass is 293 g/mol. The van der Waals surface area contributed by atoms with Crippen molar-refractivity contribution in [2.75, 3.05) is 18.1 Å². The fraction of sp³-hybridized carbons (Fsp3) is 0.917. The highest BCUT2D eigenvalue weighted by atomic mass is 32.2. The highest BCUT2D eigenvalue weighted by Crippen LogP contribution is 2.26. The number of aliphatic hydroxyl groups is 1. The molecule has 1 fully saturated rings. The summed E-state index contributed by atoms with van der Waals surface area (Å²) in [5.74, 6) is 0.0197. The minimum atomic E-state index is -2.99. The lowest BCUT2D eigenvalue weighted by molar-refractivity contribution is 0.0194. The van der Waals surface area contributed by atoms with E-state index in [9.17, 15) is 18.3 Å². The first-order valence-corrected chi connectivity index (χ1v) is 8.23. The Hall–Kier alpha value is -0.820. The van der Waals surface area contributed by atoms with E-state index in [2.05, 4.69) is 5.32 Å². The van der Waals surface area contributed by atoms with Gasteiger partial charge in [0.25, 0.3) is 0 Å². The summed E-state index contributed by atoms with van der Waals surface area (Å²) in [7, 11) is -2.99. The van der Waals surface area contributed by atoms with Crippen LogP contribution in [0.5, 0.6) is 0 Å². The van der Waals surface area contributed by atoms with E-state index >= 15 is 0 Å². The van der Waals surface area contributed by atoms with Gasteiger partial charge in [-0.1, -0.05) is 0 Å². The fourth-order valence-electron chi connectivity index (χ4n) is 1.88. The molecule has 6 nitrogen and oxygen atoms in total. The average molecular weight is 293 g/mol. The molecule has 1 aliphatic rings. The molecular weight excluding hydrogens is 270 g/mol. The minimum Gasteiger partial charge on any atom is -0.444 e. The molecule has 0 aliphatic carbocycles. The molecular formula is C12H23NO5S. The Morgan fingerprint density at radius 3 is 2.32 bits per heavy atom. The Morgan fingerprint density at radius 1 is 1.32 bits per heavy atom. The summed E-state index contributed by atoms with van der Waals surface area (Å²) in [6, 6.07) is 0. The quantitative estimate of drug-likeness (QED) is 0.804. The second kappa shape index (κ2) is 5.66. The summed E-state index contributed by atoms with van der Waals surface area (Å²) in [6.07, 6.45) is 0.262. The predicted octanol–water partition coefficient (Wildman–Crippen LogP) is 0.841. The number of carbonyl (C=O) groups is 1. The molecule has 0 aromatic carbocycles. The normalized spacial score (nSPS) is 21.7. The van der Waals surface area contributed by atoms with E-state index in [1.807, 2.05) is 0 Å². The van der Waals surface area contributed by atoms with E-state index in [1.54, 1.807) is 20.8 Å². The molecule has 0 spiro atoms. The van der Waals surface area contributed by atoms with Gasteiger partial charge in [0, 0.05) is 6.54 Å². The van der Waals surface area contributed by atoms with Crippen LogP contribution < -0.4 is 5.32 Å². The van der Waals surface area contributed by atoms with Gasteiger partial charge in [0.15, 0.2) is 9.84 Å². The summed E-state index contributed by atoms with van der Waals surface area (Å²) in [4.78, 5) is 11.4. The molecule has 0 unspecified atom stereocenters. The number of alkyl carbamates (subject to hydrolysis) is 1. The first-order chi connectivity index (χ1) is 8.52. The van der Waals surface area contributed by atoms with E-state index in [0.29, 0.717) is 6.42 Å². The molecule has 0 atom stereocenters. The second-order valence-corrected chi connectivity index (χ2v) is 8.36. The lowest BCUT2D eigenvalue weighted by Crippen LogP contribution is -2.42. The zero-order chi connectivity index (χ0) is 14.7. The lowest BCUT2D eigenvalue weighted by atomic mass is 9.93. The molecule has 1 heterocycles. The Kier molecular flexibility index (Phi) is 4.84. The van der Waals surface area contributed by atoms with Crippen molar-refractivity contribution in [3.05, 3.63) is 0 Å². The number of hydrogen-bond donors (Lipinski definition) is 2. The third-order valence-electron chi connectivity index (χ3n) is 3.02. The Labute approximate surface area is 114 Å². The molecule has 1 aliphatic heterocycles. The van der Waals surface area contributed by atoms with Crippen LogP contribution in [-0.2, 0) is 14.6 Å². The summed E-state index contributed by atoms with van der Waals surface area (Å²) in [5, 5.41) is 12.8. The molecule has 112 valence electrons. The Bertz CT molecular complexity index is 410. The third-order valence-corrected chi connectivity index (χ3v) is 4.67. The van der Waals surface area contributed by atoms with Gasteiger partial charge in [0.05, 0.1) is 17.1 Å². The third kappa shape index (κ3) is 6.24. The van der Waals surface area contributed by atoms with Gasteiger partial charge in [-0.25, -0.2) is 13.2 Å². The van der Waals surface area contributed by atoms with Crippen molar-refractivity contribution in [2.45, 2.75) is 51.2 Å². The largest absolute Gasteiger partial charge is 0.444 e. The van der Waals surface area contributed by atoms with Crippen LogP contribution >= 0.6 is 0 Å². The summed E-state index contributed by atoms with van der Waals surface area (Å²) in [5.41, 5.74) is -1.56. The van der Waals surface area contributed by atoms with Gasteiger partial charge in [-0.3, -0.25) is 0 Å². The molecule has 1 amide bonds. The van der Waals surface area contributed by atoms with Crippen LogP contribution in [0.3, 0.4) is 0 Å². The van der Waals surface area contributed by atoms with Crippen LogP contribution in [0.2, 0.25) is 0 Å². The van der Waals surface area contributed by atoms with Gasteiger partial charge in [0.1, 0.15) is 5.60 Å². The summed E-state index contributed by atoms with van der Waals surface area (Å²) >= 11 is 0. The SMILES string of the molecule is CC(C)(C)OC(=O)NCCC1(O)CCS(=O)(=O)CC1. The zero-order valence-corrected chi connectivity index (χ0v) is 12.5. The van der Waals surface area contributed by atoms with Crippen molar-refractivity contribution >= 4 is 15.9 Å². The van der Waals surface area contributed by atoms with Gasteiger partial charge in [0.2, 0.25) is 0 Å². The number of amides is 1. The van der Waals surface area contributed by atoms with Gasteiger partial charge >= 0.3 is 6.09 Å². The van der Waals surface area contributed by atoms with Gasteiger partial charge in [-0.05, 0) is 40.0 Å². The smallest absolute Gasteiger partial charge is 0.407 e. The van der Waals surface area contributed by atoms with Gasteiger partial charge in [-0.15, -0.1) is 0 Å². The van der Waals surface area contributed by atoms with Crippen molar-refractivity contribution < 1.29 is 23.1 Å². The maximum Gasteiger partial charge on any atom is 0.407 e. The van der Waals surface area contributed by atoms with Crippen molar-refractivity contribution in [3.8, 4) is 0 Å². The molecule has 0 bridgehead atoms. The number of hydrogen-bond acceptors (Lipinski definition) is 5. The zero-order valence-electron chi connectivity index (χ0n) is 11.7. The molecule has 19 heavy (non-hydrogen) atoms. The number of ether oxygens (including phenoxy) is 1. The highest BCUT2D eigenvalue weighted by Gasteiger charge is 2.35. The molecule has 0 aromatic heterocycles. The van der Waals surface area contributed by atoms with E-state index < -0.39 is 27.1 Å². The van der Waals surface area contributed by atoms with Crippen LogP contribution in [0.4, 0.5) is 4.79 Å². The molecule has 0 saturated carbocycles. The number of rotatable bonds is 3. The first-order valence-electron chi connectivity index (χ1n) is 6.41. The van der Waals surface area contributed by atoms with Crippen LogP contribution in [0.1, 0.15) is 40.0 Å². The van der Waals surface area contributed by atoms with E-state index in [1.165, 1.54) is 0 Å². The summed E-state index contributed by atoms with van der Waals surface area (Å²) < 4.78 is 27.6. The highest BCUT2D eigenvalue weighted by molar-refractivity contribution is 7.91. The van der Waals surface area contributed by atoms with Crippen molar-refractivity contribution in [1.29, 1.82) is 0 Å². The fourth-order valence-corrected chi connectivity index (χ4v) is 3.47. The van der Waals surface area contributed by atoms with Gasteiger partial charge in [-0.2, -0.15) is 0 Å². The molecule has 7 heteroatoms. The topological polar surface area (TPSA) is 92.7 Å². The van der Waals surface area contributed by atoms with E-state index in [-0.39, 0.29) is 30.9 Å². The van der Waals surface area contributed by atoms with Crippen molar-refractivity contribution in [2.24, 2.45) is 0 Å². The average Bonchev–Trinajstić information content (AvgIpc) is 2.21. The molecule has 0 aromatic rings. The van der Waals surface area contributed by atoms with Gasteiger partial charge < -0.3 is 15.2 Å². The Balaban J connectivity index is 2.32. The maximum atomic E-state index is 11.4. The lowest BCUT2D eigenvalue weighted by Gasteiger charge is -2.32. The number of nitrogens with one attached hydrogen (secondary N) is 1. The molecule has 2 N–H and O–H groups in total. The van der Waals surface area contributed by atoms with Crippen molar-refractivity contribution in [3.63, 3.8) is 0 Å². The van der Waals surface area contributed by atoms with Crippen LogP contribution in [-0.4, -0.2) is 48.9 Å². The van der Waals surface area contributed by atoms with E-state index in [4.69, 9.17) is 4.74 Å². The predicted molar refractivity (Wildman–Crippen MR) is 71.7 cm³/mol. The van der Waals surface area contributed by atoms with Crippen LogP contribution in [0.15, 0.2) is 0 Å². The second-order valence-electron chi connectivity index (χ2n) is 6.05. The number of carbonyl (C=O) groups excluding carboxylic acids is 1. The minimum absolute atomic E-state index is 0.00986. The molecule has 1 saturated heterocycles.